The van der Waals surface area contributed by atoms with Gasteiger partial charge in [-0.15, -0.1) is 17.5 Å². The molecule has 0 fully saturated rings. The Morgan fingerprint density at radius 3 is 2.73 bits per heavy atom. The van der Waals surface area contributed by atoms with Crippen LogP contribution in [0.4, 0.5) is 0 Å². The Hall–Kier alpha value is -1.70. The first-order chi connectivity index (χ1) is 10.1. The standard InChI is InChI=1S/C13H13ClN6S.ClH/c14-9-3-1-8(2-4-9)11-10(7-17-19-12(15)16)20-5-6-21-13(20)18-11;/h1-4,7H,5-6H2,(H4,15,16,19);1H/b17-7+;. The first-order valence-corrected chi connectivity index (χ1v) is 7.63. The van der Waals surface area contributed by atoms with Gasteiger partial charge in [-0.05, 0) is 12.1 Å². The fourth-order valence-corrected chi connectivity index (χ4v) is 3.18. The molecule has 2 aromatic rings. The van der Waals surface area contributed by atoms with Crippen LogP contribution < -0.4 is 11.5 Å². The summed E-state index contributed by atoms with van der Waals surface area (Å²) in [5.41, 5.74) is 13.3. The second-order valence-corrected chi connectivity index (χ2v) is 5.90. The largest absolute Gasteiger partial charge is 0.369 e. The molecule has 116 valence electrons. The van der Waals surface area contributed by atoms with E-state index < -0.39 is 0 Å². The number of rotatable bonds is 3. The molecule has 0 radical (unpaired) electrons. The molecule has 0 unspecified atom stereocenters. The summed E-state index contributed by atoms with van der Waals surface area (Å²) in [6, 6.07) is 7.54. The second-order valence-electron chi connectivity index (χ2n) is 4.40. The van der Waals surface area contributed by atoms with Crippen molar-refractivity contribution in [2.24, 2.45) is 21.7 Å². The van der Waals surface area contributed by atoms with Gasteiger partial charge in [0.05, 0.1) is 17.6 Å². The molecule has 6 nitrogen and oxygen atoms in total. The van der Waals surface area contributed by atoms with Crippen molar-refractivity contribution in [1.29, 1.82) is 0 Å². The van der Waals surface area contributed by atoms with Crippen molar-refractivity contribution in [2.45, 2.75) is 11.7 Å². The second kappa shape index (κ2) is 7.04. The van der Waals surface area contributed by atoms with Crippen LogP contribution in [0.15, 0.2) is 39.6 Å². The Bertz CT molecular complexity index is 719. The minimum absolute atomic E-state index is 0. The van der Waals surface area contributed by atoms with Gasteiger partial charge >= 0.3 is 0 Å². The maximum absolute atomic E-state index is 5.93. The van der Waals surface area contributed by atoms with Crippen LogP contribution in [0.3, 0.4) is 0 Å². The van der Waals surface area contributed by atoms with E-state index >= 15 is 0 Å². The van der Waals surface area contributed by atoms with Gasteiger partial charge in [-0.2, -0.15) is 5.10 Å². The average Bonchev–Trinajstić information content (AvgIpc) is 3.01. The molecular formula is C13H14Cl2N6S. The fourth-order valence-electron chi connectivity index (χ4n) is 2.10. The monoisotopic (exact) mass is 356 g/mol. The summed E-state index contributed by atoms with van der Waals surface area (Å²) in [6.07, 6.45) is 1.63. The molecular weight excluding hydrogens is 343 g/mol. The van der Waals surface area contributed by atoms with Gasteiger partial charge < -0.3 is 16.0 Å². The molecule has 0 atom stereocenters. The Labute approximate surface area is 143 Å². The topological polar surface area (TPSA) is 94.6 Å². The average molecular weight is 357 g/mol. The zero-order valence-corrected chi connectivity index (χ0v) is 13.8. The number of fused-ring (bicyclic) bond motifs is 1. The van der Waals surface area contributed by atoms with Crippen molar-refractivity contribution in [3.63, 3.8) is 0 Å². The number of nitrogens with two attached hydrogens (primary N) is 2. The Kier molecular flexibility index (Phi) is 5.33. The molecule has 9 heteroatoms. The van der Waals surface area contributed by atoms with Crippen molar-refractivity contribution in [1.82, 2.24) is 9.55 Å². The van der Waals surface area contributed by atoms with Crippen LogP contribution in [0.25, 0.3) is 11.3 Å². The Morgan fingerprint density at radius 1 is 1.32 bits per heavy atom. The lowest BCUT2D eigenvalue weighted by atomic mass is 10.1. The SMILES string of the molecule is Cl.NC(N)=N/N=C/c1c(-c2ccc(Cl)cc2)nc2n1CCS2. The maximum atomic E-state index is 5.93. The molecule has 0 aliphatic carbocycles. The lowest BCUT2D eigenvalue weighted by Gasteiger charge is -2.02. The maximum Gasteiger partial charge on any atom is 0.211 e. The van der Waals surface area contributed by atoms with E-state index in [1.54, 1.807) is 18.0 Å². The number of hydrogen-bond acceptors (Lipinski definition) is 4. The van der Waals surface area contributed by atoms with Crippen LogP contribution in [0, 0.1) is 0 Å². The molecule has 0 saturated carbocycles. The van der Waals surface area contributed by atoms with Gasteiger partial charge in [0.15, 0.2) is 5.16 Å². The molecule has 4 N–H and O–H groups in total. The van der Waals surface area contributed by atoms with Crippen LogP contribution in [-0.2, 0) is 6.54 Å². The molecule has 1 aliphatic rings. The predicted octanol–water partition coefficient (Wildman–Crippen LogP) is 2.34. The van der Waals surface area contributed by atoms with Crippen molar-refractivity contribution in [3.05, 3.63) is 35.0 Å². The van der Waals surface area contributed by atoms with Crippen molar-refractivity contribution in [3.8, 4) is 11.3 Å². The van der Waals surface area contributed by atoms with E-state index in [1.165, 1.54) is 0 Å². The normalized spacial score (nSPS) is 13.0. The van der Waals surface area contributed by atoms with Gasteiger partial charge in [-0.1, -0.05) is 35.5 Å². The number of thioether (sulfide) groups is 1. The summed E-state index contributed by atoms with van der Waals surface area (Å²) in [4.78, 5) is 4.67. The van der Waals surface area contributed by atoms with Gasteiger partial charge in [0.25, 0.3) is 0 Å². The number of nitrogens with zero attached hydrogens (tertiary/aromatic N) is 4. The van der Waals surface area contributed by atoms with E-state index in [0.717, 1.165) is 34.4 Å². The van der Waals surface area contributed by atoms with E-state index in [-0.39, 0.29) is 18.4 Å². The first kappa shape index (κ1) is 16.7. The molecule has 3 rings (SSSR count). The minimum atomic E-state index is -0.0742. The number of hydrogen-bond donors (Lipinski definition) is 2. The van der Waals surface area contributed by atoms with Crippen LogP contribution in [0.5, 0.6) is 0 Å². The zero-order valence-electron chi connectivity index (χ0n) is 11.4. The quantitative estimate of drug-likeness (QED) is 0.501. The molecule has 0 spiro atoms. The van der Waals surface area contributed by atoms with Gasteiger partial charge in [0.2, 0.25) is 5.96 Å². The highest BCUT2D eigenvalue weighted by atomic mass is 35.5. The van der Waals surface area contributed by atoms with E-state index in [9.17, 15) is 0 Å². The Morgan fingerprint density at radius 2 is 2.05 bits per heavy atom. The lowest BCUT2D eigenvalue weighted by Crippen LogP contribution is -2.21. The van der Waals surface area contributed by atoms with Gasteiger partial charge in [0, 0.05) is 22.9 Å². The summed E-state index contributed by atoms with van der Waals surface area (Å²) in [5, 5.41) is 9.23. The third kappa shape index (κ3) is 3.37. The number of imidazole rings is 1. The lowest BCUT2D eigenvalue weighted by molar-refractivity contribution is 0.715. The van der Waals surface area contributed by atoms with Crippen LogP contribution >= 0.6 is 35.8 Å². The van der Waals surface area contributed by atoms with Crippen molar-refractivity contribution >= 4 is 47.9 Å². The smallest absolute Gasteiger partial charge is 0.211 e. The Balaban J connectivity index is 0.00000176. The molecule has 0 bridgehead atoms. The molecule has 1 aliphatic heterocycles. The van der Waals surface area contributed by atoms with E-state index in [1.807, 2.05) is 24.3 Å². The summed E-state index contributed by atoms with van der Waals surface area (Å²) >= 11 is 7.65. The molecule has 1 aromatic carbocycles. The molecule has 0 amide bonds. The summed E-state index contributed by atoms with van der Waals surface area (Å²) < 4.78 is 2.11. The highest BCUT2D eigenvalue weighted by molar-refractivity contribution is 7.99. The number of aromatic nitrogens is 2. The summed E-state index contributed by atoms with van der Waals surface area (Å²) in [6.45, 7) is 0.893. The van der Waals surface area contributed by atoms with Crippen LogP contribution in [-0.4, -0.2) is 27.5 Å². The van der Waals surface area contributed by atoms with Gasteiger partial charge in [0.1, 0.15) is 0 Å². The fraction of sp³-hybridized carbons (Fsp3) is 0.154. The van der Waals surface area contributed by atoms with E-state index in [4.69, 9.17) is 23.1 Å². The minimum Gasteiger partial charge on any atom is -0.369 e. The van der Waals surface area contributed by atoms with Crippen molar-refractivity contribution < 1.29 is 0 Å². The molecule has 0 saturated heterocycles. The number of guanidine groups is 1. The van der Waals surface area contributed by atoms with Gasteiger partial charge in [-0.25, -0.2) is 4.98 Å². The number of benzene rings is 1. The third-order valence-corrected chi connectivity index (χ3v) is 4.20. The zero-order chi connectivity index (χ0) is 14.8. The summed E-state index contributed by atoms with van der Waals surface area (Å²) in [5.74, 6) is 0.932. The van der Waals surface area contributed by atoms with Gasteiger partial charge in [-0.3, -0.25) is 0 Å². The molecule has 2 heterocycles. The highest BCUT2D eigenvalue weighted by Crippen LogP contribution is 2.32. The van der Waals surface area contributed by atoms with Crippen molar-refractivity contribution in [2.75, 3.05) is 5.75 Å². The molecule has 22 heavy (non-hydrogen) atoms. The molecule has 1 aromatic heterocycles. The number of halogens is 2. The summed E-state index contributed by atoms with van der Waals surface area (Å²) in [7, 11) is 0. The van der Waals surface area contributed by atoms with Crippen LogP contribution in [0.1, 0.15) is 5.69 Å². The third-order valence-electron chi connectivity index (χ3n) is 2.99. The van der Waals surface area contributed by atoms with E-state index in [2.05, 4.69) is 19.8 Å². The van der Waals surface area contributed by atoms with E-state index in [0.29, 0.717) is 5.02 Å². The predicted molar refractivity (Wildman–Crippen MR) is 94.0 cm³/mol. The first-order valence-electron chi connectivity index (χ1n) is 6.26. The highest BCUT2D eigenvalue weighted by Gasteiger charge is 2.21. The van der Waals surface area contributed by atoms with Crippen LogP contribution in [0.2, 0.25) is 5.02 Å².